The minimum atomic E-state index is 0.695. The number of nitrogens with one attached hydrogen (secondary N) is 1. The van der Waals surface area contributed by atoms with Gasteiger partial charge in [0.2, 0.25) is 0 Å². The van der Waals surface area contributed by atoms with E-state index in [0.29, 0.717) is 6.54 Å². The van der Waals surface area contributed by atoms with Crippen molar-refractivity contribution in [3.05, 3.63) is 71.6 Å². The van der Waals surface area contributed by atoms with E-state index >= 15 is 0 Å². The molecule has 4 heteroatoms. The predicted octanol–water partition coefficient (Wildman–Crippen LogP) is 4.67. The molecule has 1 heterocycles. The fourth-order valence-electron chi connectivity index (χ4n) is 2.64. The van der Waals surface area contributed by atoms with Gasteiger partial charge in [-0.2, -0.15) is 0 Å². The Hall–Kier alpha value is -2.75. The van der Waals surface area contributed by atoms with Crippen LogP contribution < -0.4 is 10.2 Å². The fraction of sp³-hybridized carbons (Fsp3) is 0.211. The number of hydrogen-bond donors (Lipinski definition) is 1. The van der Waals surface area contributed by atoms with Crippen molar-refractivity contribution < 1.29 is 4.52 Å². The zero-order valence-electron chi connectivity index (χ0n) is 13.7. The van der Waals surface area contributed by atoms with Crippen LogP contribution in [0, 0.1) is 13.8 Å². The van der Waals surface area contributed by atoms with E-state index in [9.17, 15) is 0 Å². The third kappa shape index (κ3) is 3.21. The van der Waals surface area contributed by atoms with Crippen molar-refractivity contribution in [3.8, 4) is 0 Å². The first-order chi connectivity index (χ1) is 11.2. The highest BCUT2D eigenvalue weighted by Gasteiger charge is 2.11. The van der Waals surface area contributed by atoms with Crippen molar-refractivity contribution in [3.63, 3.8) is 0 Å². The average molecular weight is 307 g/mol. The smallest absolute Gasteiger partial charge is 0.138 e. The summed E-state index contributed by atoms with van der Waals surface area (Å²) >= 11 is 0. The van der Waals surface area contributed by atoms with Crippen molar-refractivity contribution >= 4 is 17.1 Å². The van der Waals surface area contributed by atoms with Crippen molar-refractivity contribution in [2.45, 2.75) is 20.4 Å². The summed E-state index contributed by atoms with van der Waals surface area (Å²) in [5.74, 6) is 0.865. The van der Waals surface area contributed by atoms with Gasteiger partial charge >= 0.3 is 0 Å². The summed E-state index contributed by atoms with van der Waals surface area (Å²) in [5, 5.41) is 7.51. The zero-order chi connectivity index (χ0) is 16.2. The van der Waals surface area contributed by atoms with Crippen LogP contribution in [0.2, 0.25) is 0 Å². The second-order valence-corrected chi connectivity index (χ2v) is 5.57. The molecule has 0 amide bonds. The van der Waals surface area contributed by atoms with Crippen molar-refractivity contribution in [1.29, 1.82) is 0 Å². The normalized spacial score (nSPS) is 10.6. The number of benzene rings is 2. The molecule has 1 N–H and O–H groups in total. The first-order valence-electron chi connectivity index (χ1n) is 7.70. The lowest BCUT2D eigenvalue weighted by Gasteiger charge is -2.23. The van der Waals surface area contributed by atoms with Crippen LogP contribution in [0.25, 0.3) is 0 Å². The Balaban J connectivity index is 1.84. The van der Waals surface area contributed by atoms with Crippen LogP contribution in [-0.4, -0.2) is 12.2 Å². The van der Waals surface area contributed by atoms with Crippen LogP contribution in [0.5, 0.6) is 0 Å². The Bertz CT molecular complexity index is 761. The second-order valence-electron chi connectivity index (χ2n) is 5.57. The average Bonchev–Trinajstić information content (AvgIpc) is 2.92. The van der Waals surface area contributed by atoms with Gasteiger partial charge in [0.1, 0.15) is 5.76 Å². The first kappa shape index (κ1) is 15.2. The van der Waals surface area contributed by atoms with Crippen molar-refractivity contribution in [2.24, 2.45) is 0 Å². The molecule has 0 aliphatic heterocycles. The molecule has 0 aliphatic rings. The van der Waals surface area contributed by atoms with E-state index in [4.69, 9.17) is 4.52 Å². The molecule has 4 nitrogen and oxygen atoms in total. The van der Waals surface area contributed by atoms with Gasteiger partial charge in [-0.15, -0.1) is 0 Å². The van der Waals surface area contributed by atoms with Crippen LogP contribution in [0.1, 0.15) is 17.0 Å². The Morgan fingerprint density at radius 3 is 2.39 bits per heavy atom. The van der Waals surface area contributed by atoms with Gasteiger partial charge in [-0.05, 0) is 38.1 Å². The largest absolute Gasteiger partial charge is 0.379 e. The molecule has 0 fully saturated rings. The minimum absolute atomic E-state index is 0.695. The Morgan fingerprint density at radius 2 is 1.70 bits per heavy atom. The predicted molar refractivity (Wildman–Crippen MR) is 94.3 cm³/mol. The topological polar surface area (TPSA) is 41.3 Å². The van der Waals surface area contributed by atoms with Crippen LogP contribution in [0.4, 0.5) is 17.1 Å². The summed E-state index contributed by atoms with van der Waals surface area (Å²) in [6.45, 7) is 4.61. The van der Waals surface area contributed by atoms with E-state index < -0.39 is 0 Å². The maximum atomic E-state index is 5.23. The Kier molecular flexibility index (Phi) is 4.33. The molecule has 1 aromatic heterocycles. The number of aryl methyl sites for hydroxylation is 2. The lowest BCUT2D eigenvalue weighted by atomic mass is 10.2. The van der Waals surface area contributed by atoms with E-state index in [1.165, 1.54) is 0 Å². The summed E-state index contributed by atoms with van der Waals surface area (Å²) < 4.78 is 5.23. The van der Waals surface area contributed by atoms with Gasteiger partial charge in [0.05, 0.1) is 17.1 Å². The highest BCUT2D eigenvalue weighted by molar-refractivity contribution is 5.76. The van der Waals surface area contributed by atoms with Gasteiger partial charge in [0.25, 0.3) is 0 Å². The first-order valence-corrected chi connectivity index (χ1v) is 7.70. The van der Waals surface area contributed by atoms with Crippen LogP contribution in [0.3, 0.4) is 0 Å². The Morgan fingerprint density at radius 1 is 1.00 bits per heavy atom. The van der Waals surface area contributed by atoms with Gasteiger partial charge < -0.3 is 14.7 Å². The SMILES string of the molecule is Cc1noc(C)c1CNc1ccccc1N(C)c1ccccc1. The molecule has 0 bridgehead atoms. The fourth-order valence-corrected chi connectivity index (χ4v) is 2.64. The molecular weight excluding hydrogens is 286 g/mol. The van der Waals surface area contributed by atoms with Gasteiger partial charge in [-0.25, -0.2) is 0 Å². The number of para-hydroxylation sites is 3. The molecule has 0 aliphatic carbocycles. The lowest BCUT2D eigenvalue weighted by molar-refractivity contribution is 0.392. The summed E-state index contributed by atoms with van der Waals surface area (Å²) in [6.07, 6.45) is 0. The molecule has 0 spiro atoms. The number of hydrogen-bond acceptors (Lipinski definition) is 4. The van der Waals surface area contributed by atoms with Gasteiger partial charge in [0, 0.05) is 24.8 Å². The molecule has 0 saturated carbocycles. The molecule has 0 unspecified atom stereocenters. The molecule has 0 radical (unpaired) electrons. The number of aromatic nitrogens is 1. The number of anilines is 3. The molecule has 0 atom stereocenters. The second kappa shape index (κ2) is 6.57. The van der Waals surface area contributed by atoms with Crippen LogP contribution >= 0.6 is 0 Å². The lowest BCUT2D eigenvalue weighted by Crippen LogP contribution is -2.12. The third-order valence-corrected chi connectivity index (χ3v) is 4.05. The maximum absolute atomic E-state index is 5.23. The van der Waals surface area contributed by atoms with E-state index in [2.05, 4.69) is 52.8 Å². The van der Waals surface area contributed by atoms with Gasteiger partial charge in [0.15, 0.2) is 0 Å². The maximum Gasteiger partial charge on any atom is 0.138 e. The zero-order valence-corrected chi connectivity index (χ0v) is 13.7. The van der Waals surface area contributed by atoms with Gasteiger partial charge in [-0.1, -0.05) is 35.5 Å². The molecule has 3 aromatic rings. The number of rotatable bonds is 5. The summed E-state index contributed by atoms with van der Waals surface area (Å²) in [6, 6.07) is 18.6. The van der Waals surface area contributed by atoms with E-state index in [0.717, 1.165) is 34.1 Å². The quantitative estimate of drug-likeness (QED) is 0.743. The summed E-state index contributed by atoms with van der Waals surface area (Å²) in [7, 11) is 2.08. The third-order valence-electron chi connectivity index (χ3n) is 4.05. The van der Waals surface area contributed by atoms with Crippen molar-refractivity contribution in [1.82, 2.24) is 5.16 Å². The molecule has 23 heavy (non-hydrogen) atoms. The van der Waals surface area contributed by atoms with Crippen LogP contribution in [0.15, 0.2) is 59.1 Å². The molecular formula is C19H21N3O. The monoisotopic (exact) mass is 307 g/mol. The highest BCUT2D eigenvalue weighted by atomic mass is 16.5. The van der Waals surface area contributed by atoms with Crippen LogP contribution in [-0.2, 0) is 6.54 Å². The highest BCUT2D eigenvalue weighted by Crippen LogP contribution is 2.31. The number of nitrogens with zero attached hydrogens (tertiary/aromatic N) is 2. The van der Waals surface area contributed by atoms with Gasteiger partial charge in [-0.3, -0.25) is 0 Å². The minimum Gasteiger partial charge on any atom is -0.379 e. The summed E-state index contributed by atoms with van der Waals surface area (Å²) in [5.41, 5.74) is 5.41. The van der Waals surface area contributed by atoms with E-state index in [-0.39, 0.29) is 0 Å². The van der Waals surface area contributed by atoms with E-state index in [1.54, 1.807) is 0 Å². The molecule has 0 saturated heterocycles. The molecule has 3 rings (SSSR count). The molecule has 118 valence electrons. The standard InChI is InChI=1S/C19H21N3O/c1-14-17(15(2)23-21-14)13-20-18-11-7-8-12-19(18)22(3)16-9-5-4-6-10-16/h4-12,20H,13H2,1-3H3. The summed E-state index contributed by atoms with van der Waals surface area (Å²) in [4.78, 5) is 2.18. The Labute approximate surface area is 136 Å². The molecule has 2 aromatic carbocycles. The van der Waals surface area contributed by atoms with Crippen molar-refractivity contribution in [2.75, 3.05) is 17.3 Å². The van der Waals surface area contributed by atoms with E-state index in [1.807, 2.05) is 38.1 Å².